The van der Waals surface area contributed by atoms with E-state index >= 15 is 0 Å². The molecule has 4 N–H and O–H groups in total. The Morgan fingerprint density at radius 1 is 0.962 bits per heavy atom. The van der Waals surface area contributed by atoms with Gasteiger partial charge >= 0.3 is 12.1 Å². The predicted molar refractivity (Wildman–Crippen MR) is 183 cm³/mol. The number of carbonyl (C=O) groups is 2. The number of hydrogen-bond acceptors (Lipinski definition) is 15. The van der Waals surface area contributed by atoms with Crippen molar-refractivity contribution in [3.8, 4) is 17.1 Å². The van der Waals surface area contributed by atoms with E-state index in [9.17, 15) is 29.8 Å². The molecule has 19 nitrogen and oxygen atoms in total. The number of para-hydroxylation sites is 1. The number of carbonyl (C=O) groups excluding carboxylic acids is 2. The predicted octanol–water partition coefficient (Wildman–Crippen LogP) is 4.34. The van der Waals surface area contributed by atoms with Crippen LogP contribution in [0.1, 0.15) is 54.6 Å². The van der Waals surface area contributed by atoms with Crippen molar-refractivity contribution >= 4 is 29.0 Å². The minimum absolute atomic E-state index is 0.0226. The molecule has 0 aliphatic heterocycles. The van der Waals surface area contributed by atoms with E-state index in [1.54, 1.807) is 22.8 Å². The van der Waals surface area contributed by atoms with Gasteiger partial charge in [0, 0.05) is 12.5 Å². The SMILES string of the molecule is CCOc1nc2cccc(C(=O)OC(C)OC(=O)OCCCCC(CO[N+](=O)[O-])O[N+](=O)[O-])c2n1Cc1ccc(-c2ccccc2/C(N)=N/N)cc1. The Hall–Kier alpha value is -6.66. The number of imidazole rings is 1. The van der Waals surface area contributed by atoms with Crippen LogP contribution in [0.5, 0.6) is 6.01 Å². The first-order valence-electron chi connectivity index (χ1n) is 16.0. The first kappa shape index (κ1) is 38.1. The maximum absolute atomic E-state index is 13.4. The number of nitrogens with zero attached hydrogens (tertiary/aromatic N) is 5. The Morgan fingerprint density at radius 3 is 2.38 bits per heavy atom. The molecule has 0 amide bonds. The van der Waals surface area contributed by atoms with Crippen LogP contribution in [0.3, 0.4) is 0 Å². The van der Waals surface area contributed by atoms with Crippen LogP contribution >= 0.6 is 0 Å². The summed E-state index contributed by atoms with van der Waals surface area (Å²) >= 11 is 0. The van der Waals surface area contributed by atoms with Crippen LogP contribution in [0.25, 0.3) is 22.2 Å². The third kappa shape index (κ3) is 10.4. The zero-order chi connectivity index (χ0) is 37.6. The number of nitrogens with two attached hydrogens (primary N) is 2. The van der Waals surface area contributed by atoms with Crippen molar-refractivity contribution in [3.05, 3.63) is 104 Å². The van der Waals surface area contributed by atoms with E-state index in [1.165, 1.54) is 6.92 Å². The molecule has 4 rings (SSSR count). The number of fused-ring (bicyclic) bond motifs is 1. The number of esters is 1. The second kappa shape index (κ2) is 18.4. The molecule has 0 aliphatic rings. The number of hydrazone groups is 1. The van der Waals surface area contributed by atoms with Gasteiger partial charge in [-0.2, -0.15) is 10.1 Å². The second-order valence-corrected chi connectivity index (χ2v) is 11.0. The van der Waals surface area contributed by atoms with Crippen LogP contribution in [0, 0.1) is 20.2 Å². The minimum atomic E-state index is -1.34. The van der Waals surface area contributed by atoms with Crippen LogP contribution in [0.4, 0.5) is 4.79 Å². The van der Waals surface area contributed by atoms with E-state index in [1.807, 2.05) is 55.5 Å². The molecular formula is C33H37N7O12. The summed E-state index contributed by atoms with van der Waals surface area (Å²) in [5, 5.41) is 22.4. The van der Waals surface area contributed by atoms with E-state index in [0.717, 1.165) is 16.7 Å². The smallest absolute Gasteiger partial charge is 0.465 e. The maximum Gasteiger partial charge on any atom is 0.511 e. The van der Waals surface area contributed by atoms with Crippen molar-refractivity contribution in [1.82, 2.24) is 9.55 Å². The highest BCUT2D eigenvalue weighted by Crippen LogP contribution is 2.29. The largest absolute Gasteiger partial charge is 0.511 e. The Balaban J connectivity index is 1.40. The molecule has 19 heteroatoms. The van der Waals surface area contributed by atoms with Crippen molar-refractivity contribution in [2.24, 2.45) is 16.7 Å². The van der Waals surface area contributed by atoms with Gasteiger partial charge in [-0.15, -0.1) is 20.2 Å². The molecule has 276 valence electrons. The number of rotatable bonds is 19. The number of benzene rings is 3. The van der Waals surface area contributed by atoms with Gasteiger partial charge in [0.2, 0.25) is 6.29 Å². The Morgan fingerprint density at radius 2 is 1.69 bits per heavy atom. The number of ether oxygens (including phenoxy) is 4. The fourth-order valence-electron chi connectivity index (χ4n) is 5.18. The zero-order valence-corrected chi connectivity index (χ0v) is 28.2. The zero-order valence-electron chi connectivity index (χ0n) is 28.2. The highest BCUT2D eigenvalue weighted by Gasteiger charge is 2.23. The summed E-state index contributed by atoms with van der Waals surface area (Å²) in [6.45, 7) is 2.97. The Kier molecular flexibility index (Phi) is 13.5. The Labute approximate surface area is 296 Å². The molecule has 2 atom stereocenters. The van der Waals surface area contributed by atoms with Gasteiger partial charge in [-0.05, 0) is 55.0 Å². The molecule has 0 fully saturated rings. The normalized spacial score (nSPS) is 12.4. The summed E-state index contributed by atoms with van der Waals surface area (Å²) in [5.41, 5.74) is 10.4. The standard InChI is InChI=1S/C33H37N7O12/c1-3-47-32-36-28-13-8-12-27(29(28)38(32)19-22-14-16-23(17-15-22)25-10-4-5-11-26(25)30(34)37-35)31(41)50-21(2)51-33(42)48-18-7-6-9-24(52-40(45)46)20-49-39(43)44/h4-5,8,10-17,21,24H,3,6-7,9,18-20,35H2,1-2H3,(H2,34,37). The van der Waals surface area contributed by atoms with E-state index in [0.29, 0.717) is 23.2 Å². The van der Waals surface area contributed by atoms with Gasteiger partial charge in [-0.1, -0.05) is 54.6 Å². The molecule has 0 saturated heterocycles. The van der Waals surface area contributed by atoms with E-state index in [4.69, 9.17) is 30.5 Å². The van der Waals surface area contributed by atoms with Gasteiger partial charge in [0.05, 0.1) is 36.4 Å². The van der Waals surface area contributed by atoms with E-state index in [-0.39, 0.29) is 49.8 Å². The average molecular weight is 724 g/mol. The lowest BCUT2D eigenvalue weighted by atomic mass is 9.98. The molecule has 1 aromatic heterocycles. The molecule has 52 heavy (non-hydrogen) atoms. The first-order chi connectivity index (χ1) is 25.0. The molecule has 0 saturated carbocycles. The molecule has 1 heterocycles. The van der Waals surface area contributed by atoms with Crippen LogP contribution in [0.2, 0.25) is 0 Å². The molecule has 0 radical (unpaired) electrons. The van der Waals surface area contributed by atoms with E-state index in [2.05, 4.69) is 19.8 Å². The lowest BCUT2D eigenvalue weighted by molar-refractivity contribution is -0.790. The third-order valence-electron chi connectivity index (χ3n) is 7.45. The van der Waals surface area contributed by atoms with E-state index < -0.39 is 41.3 Å². The van der Waals surface area contributed by atoms with Crippen LogP contribution in [0.15, 0.2) is 71.8 Å². The van der Waals surface area contributed by atoms with Crippen LogP contribution in [-0.2, 0) is 30.4 Å². The van der Waals surface area contributed by atoms with Crippen LogP contribution < -0.4 is 16.3 Å². The molecule has 3 aromatic carbocycles. The molecule has 2 unspecified atom stereocenters. The van der Waals surface area contributed by atoms with Gasteiger partial charge in [-0.3, -0.25) is 4.57 Å². The molecule has 4 aromatic rings. The number of unbranched alkanes of at least 4 members (excludes halogenated alkanes) is 1. The second-order valence-electron chi connectivity index (χ2n) is 11.0. The highest BCUT2D eigenvalue weighted by atomic mass is 17.0. The fraction of sp³-hybridized carbons (Fsp3) is 0.333. The Bertz CT molecular complexity index is 1900. The summed E-state index contributed by atoms with van der Waals surface area (Å²) in [4.78, 5) is 59.6. The van der Waals surface area contributed by atoms with Crippen molar-refractivity contribution in [2.45, 2.75) is 52.0 Å². The van der Waals surface area contributed by atoms with Gasteiger partial charge in [0.25, 0.3) is 16.2 Å². The summed E-state index contributed by atoms with van der Waals surface area (Å²) in [6.07, 6.45) is -3.15. The van der Waals surface area contributed by atoms with Gasteiger partial charge < -0.3 is 40.2 Å². The van der Waals surface area contributed by atoms with Crippen molar-refractivity contribution in [2.75, 3.05) is 19.8 Å². The van der Waals surface area contributed by atoms with Crippen LogP contribution in [-0.4, -0.2) is 69.9 Å². The quantitative estimate of drug-likeness (QED) is 0.0199. The number of amidine groups is 1. The minimum Gasteiger partial charge on any atom is -0.465 e. The first-order valence-corrected chi connectivity index (χ1v) is 16.0. The molecule has 0 bridgehead atoms. The monoisotopic (exact) mass is 723 g/mol. The summed E-state index contributed by atoms with van der Waals surface area (Å²) < 4.78 is 23.0. The lowest BCUT2D eigenvalue weighted by Gasteiger charge is -2.16. The van der Waals surface area contributed by atoms with Gasteiger partial charge in [0.15, 0.2) is 5.84 Å². The van der Waals surface area contributed by atoms with Crippen molar-refractivity contribution in [1.29, 1.82) is 0 Å². The number of hydrogen-bond donors (Lipinski definition) is 2. The molecular weight excluding hydrogens is 686 g/mol. The summed E-state index contributed by atoms with van der Waals surface area (Å²) in [7, 11) is 0. The van der Waals surface area contributed by atoms with Gasteiger partial charge in [0.1, 0.15) is 12.7 Å². The summed E-state index contributed by atoms with van der Waals surface area (Å²) in [5.74, 6) is 4.83. The number of aromatic nitrogens is 2. The molecule has 0 aliphatic carbocycles. The summed E-state index contributed by atoms with van der Waals surface area (Å²) in [6, 6.07) is 20.4. The maximum atomic E-state index is 13.4. The van der Waals surface area contributed by atoms with Crippen molar-refractivity contribution in [3.63, 3.8) is 0 Å². The lowest BCUT2D eigenvalue weighted by Crippen LogP contribution is -2.25. The van der Waals surface area contributed by atoms with Gasteiger partial charge in [-0.25, -0.2) is 9.59 Å². The van der Waals surface area contributed by atoms with Crippen molar-refractivity contribution < 1.29 is 48.4 Å². The fourth-order valence-corrected chi connectivity index (χ4v) is 5.18. The highest BCUT2D eigenvalue weighted by molar-refractivity contribution is 6.03. The molecule has 0 spiro atoms. The average Bonchev–Trinajstić information content (AvgIpc) is 3.46. The third-order valence-corrected chi connectivity index (χ3v) is 7.45. The topological polar surface area (TPSA) is 258 Å².